The van der Waals surface area contributed by atoms with Gasteiger partial charge in [0.15, 0.2) is 0 Å². The van der Waals surface area contributed by atoms with Gasteiger partial charge in [-0.25, -0.2) is 0 Å². The normalized spacial score (nSPS) is 13.0. The van der Waals surface area contributed by atoms with Crippen LogP contribution in [0, 0.1) is 13.8 Å². The summed E-state index contributed by atoms with van der Waals surface area (Å²) in [4.78, 5) is 0. The number of aliphatic hydroxyl groups is 1. The van der Waals surface area contributed by atoms with Gasteiger partial charge in [-0.05, 0) is 19.9 Å². The molecule has 1 rings (SSSR count). The second kappa shape index (κ2) is 2.93. The first-order valence-corrected chi connectivity index (χ1v) is 3.52. The van der Waals surface area contributed by atoms with Crippen molar-refractivity contribution >= 4 is 0 Å². The Bertz CT molecular complexity index is 261. The molecule has 2 heteroatoms. The fourth-order valence-corrected chi connectivity index (χ4v) is 1.07. The van der Waals surface area contributed by atoms with Crippen molar-refractivity contribution in [2.45, 2.75) is 20.0 Å². The van der Waals surface area contributed by atoms with Gasteiger partial charge in [0, 0.05) is 5.56 Å². The maximum Gasteiger partial charge on any atom is 0.107 e. The fourth-order valence-electron chi connectivity index (χ4n) is 1.07. The Morgan fingerprint density at radius 2 is 2.27 bits per heavy atom. The first-order valence-electron chi connectivity index (χ1n) is 3.52. The zero-order valence-electron chi connectivity index (χ0n) is 6.79. The minimum atomic E-state index is -0.604. The van der Waals surface area contributed by atoms with Gasteiger partial charge >= 0.3 is 0 Å². The summed E-state index contributed by atoms with van der Waals surface area (Å²) in [7, 11) is 0. The lowest BCUT2D eigenvalue weighted by Gasteiger charge is -2.00. The summed E-state index contributed by atoms with van der Waals surface area (Å²) in [6.45, 7) is 7.18. The Balaban J connectivity index is 3.02. The van der Waals surface area contributed by atoms with E-state index in [1.54, 1.807) is 0 Å². The predicted octanol–water partition coefficient (Wildman–Crippen LogP) is 2.12. The number of rotatable bonds is 2. The summed E-state index contributed by atoms with van der Waals surface area (Å²) >= 11 is 0. The summed E-state index contributed by atoms with van der Waals surface area (Å²) in [5, 5.41) is 9.35. The van der Waals surface area contributed by atoms with Crippen LogP contribution in [0.1, 0.15) is 23.2 Å². The minimum Gasteiger partial charge on any atom is -0.466 e. The standard InChI is InChI=1S/C9H12O2/c1-4-9(10)8-5-6(2)11-7(8)3/h4-5,9-10H,1H2,2-3H3. The molecule has 1 N–H and O–H groups in total. The summed E-state index contributed by atoms with van der Waals surface area (Å²) in [6.07, 6.45) is 0.879. The SMILES string of the molecule is C=CC(O)c1cc(C)oc1C. The zero-order valence-corrected chi connectivity index (χ0v) is 6.79. The Kier molecular flexibility index (Phi) is 2.15. The molecular formula is C9H12O2. The third kappa shape index (κ3) is 1.52. The van der Waals surface area contributed by atoms with Gasteiger partial charge in [-0.3, -0.25) is 0 Å². The Labute approximate surface area is 66.2 Å². The van der Waals surface area contributed by atoms with Crippen molar-refractivity contribution in [2.24, 2.45) is 0 Å². The van der Waals surface area contributed by atoms with E-state index in [2.05, 4.69) is 6.58 Å². The van der Waals surface area contributed by atoms with Gasteiger partial charge in [-0.1, -0.05) is 6.08 Å². The van der Waals surface area contributed by atoms with Crippen molar-refractivity contribution in [3.8, 4) is 0 Å². The Morgan fingerprint density at radius 1 is 1.64 bits per heavy atom. The molecule has 60 valence electrons. The van der Waals surface area contributed by atoms with E-state index < -0.39 is 6.10 Å². The highest BCUT2D eigenvalue weighted by atomic mass is 16.3. The fraction of sp³-hybridized carbons (Fsp3) is 0.333. The van der Waals surface area contributed by atoms with E-state index in [4.69, 9.17) is 4.42 Å². The number of hydrogen-bond acceptors (Lipinski definition) is 2. The molecule has 1 atom stereocenters. The van der Waals surface area contributed by atoms with E-state index in [1.807, 2.05) is 19.9 Å². The summed E-state index contributed by atoms with van der Waals surface area (Å²) in [5.74, 6) is 1.58. The molecule has 0 fully saturated rings. The van der Waals surface area contributed by atoms with Crippen LogP contribution in [0.25, 0.3) is 0 Å². The number of aliphatic hydroxyl groups excluding tert-OH is 1. The number of furan rings is 1. The van der Waals surface area contributed by atoms with Crippen molar-refractivity contribution in [3.63, 3.8) is 0 Å². The molecule has 2 nitrogen and oxygen atoms in total. The molecule has 1 aromatic rings. The van der Waals surface area contributed by atoms with Gasteiger partial charge in [0.25, 0.3) is 0 Å². The van der Waals surface area contributed by atoms with Crippen LogP contribution in [0.15, 0.2) is 23.1 Å². The van der Waals surface area contributed by atoms with Crippen LogP contribution in [-0.4, -0.2) is 5.11 Å². The quantitative estimate of drug-likeness (QED) is 0.658. The average molecular weight is 152 g/mol. The van der Waals surface area contributed by atoms with Gasteiger partial charge in [-0.2, -0.15) is 0 Å². The second-order valence-electron chi connectivity index (χ2n) is 2.55. The molecule has 0 aromatic carbocycles. The maximum absolute atomic E-state index is 9.35. The molecule has 0 aliphatic heterocycles. The molecule has 0 radical (unpaired) electrons. The van der Waals surface area contributed by atoms with Crippen LogP contribution in [0.5, 0.6) is 0 Å². The summed E-state index contributed by atoms with van der Waals surface area (Å²) in [6, 6.07) is 1.82. The molecule has 0 bridgehead atoms. The first kappa shape index (κ1) is 8.08. The lowest BCUT2D eigenvalue weighted by Crippen LogP contribution is -1.91. The van der Waals surface area contributed by atoms with Crippen LogP contribution < -0.4 is 0 Å². The molecular weight excluding hydrogens is 140 g/mol. The van der Waals surface area contributed by atoms with E-state index >= 15 is 0 Å². The Morgan fingerprint density at radius 3 is 2.64 bits per heavy atom. The second-order valence-corrected chi connectivity index (χ2v) is 2.55. The van der Waals surface area contributed by atoms with Gasteiger partial charge in [0.05, 0.1) is 0 Å². The van der Waals surface area contributed by atoms with Crippen LogP contribution >= 0.6 is 0 Å². The third-order valence-corrected chi connectivity index (χ3v) is 1.62. The van der Waals surface area contributed by atoms with Gasteiger partial charge in [0.1, 0.15) is 17.6 Å². The predicted molar refractivity (Wildman–Crippen MR) is 43.3 cm³/mol. The number of aryl methyl sites for hydroxylation is 2. The molecule has 1 heterocycles. The maximum atomic E-state index is 9.35. The van der Waals surface area contributed by atoms with Crippen molar-refractivity contribution in [1.82, 2.24) is 0 Å². The highest BCUT2D eigenvalue weighted by Gasteiger charge is 2.10. The molecule has 0 spiro atoms. The molecule has 1 unspecified atom stereocenters. The van der Waals surface area contributed by atoms with Crippen LogP contribution in [-0.2, 0) is 0 Å². The highest BCUT2D eigenvalue weighted by molar-refractivity contribution is 5.25. The van der Waals surface area contributed by atoms with Gasteiger partial charge in [-0.15, -0.1) is 6.58 Å². The van der Waals surface area contributed by atoms with Crippen LogP contribution in [0.3, 0.4) is 0 Å². The van der Waals surface area contributed by atoms with Gasteiger partial charge in [0.2, 0.25) is 0 Å². The van der Waals surface area contributed by atoms with E-state index in [9.17, 15) is 5.11 Å². The van der Waals surface area contributed by atoms with E-state index in [0.29, 0.717) is 0 Å². The van der Waals surface area contributed by atoms with E-state index in [-0.39, 0.29) is 0 Å². The number of hydrogen-bond donors (Lipinski definition) is 1. The van der Waals surface area contributed by atoms with Gasteiger partial charge < -0.3 is 9.52 Å². The Hall–Kier alpha value is -1.02. The van der Waals surface area contributed by atoms with Crippen molar-refractivity contribution < 1.29 is 9.52 Å². The first-order chi connectivity index (χ1) is 5.15. The largest absolute Gasteiger partial charge is 0.466 e. The molecule has 0 aliphatic carbocycles. The summed E-state index contributed by atoms with van der Waals surface area (Å²) < 4.78 is 5.23. The van der Waals surface area contributed by atoms with Crippen LogP contribution in [0.2, 0.25) is 0 Å². The average Bonchev–Trinajstić information content (AvgIpc) is 2.28. The molecule has 0 saturated carbocycles. The molecule has 1 aromatic heterocycles. The smallest absolute Gasteiger partial charge is 0.107 e. The lowest BCUT2D eigenvalue weighted by molar-refractivity contribution is 0.226. The molecule has 11 heavy (non-hydrogen) atoms. The monoisotopic (exact) mass is 152 g/mol. The van der Waals surface area contributed by atoms with Crippen LogP contribution in [0.4, 0.5) is 0 Å². The van der Waals surface area contributed by atoms with Crippen molar-refractivity contribution in [2.75, 3.05) is 0 Å². The molecule has 0 saturated heterocycles. The lowest BCUT2D eigenvalue weighted by atomic mass is 10.1. The van der Waals surface area contributed by atoms with Crippen molar-refractivity contribution in [3.05, 3.63) is 35.8 Å². The molecule has 0 aliphatic rings. The topological polar surface area (TPSA) is 33.4 Å². The summed E-state index contributed by atoms with van der Waals surface area (Å²) in [5.41, 5.74) is 0.803. The van der Waals surface area contributed by atoms with E-state index in [0.717, 1.165) is 17.1 Å². The highest BCUT2D eigenvalue weighted by Crippen LogP contribution is 2.21. The third-order valence-electron chi connectivity index (χ3n) is 1.62. The molecule has 0 amide bonds. The van der Waals surface area contributed by atoms with Crippen molar-refractivity contribution in [1.29, 1.82) is 0 Å². The van der Waals surface area contributed by atoms with E-state index in [1.165, 1.54) is 6.08 Å². The minimum absolute atomic E-state index is 0.604. The zero-order chi connectivity index (χ0) is 8.43.